The SMILES string of the molecule is CCc1sc(COc2ccccc2)nc1C(=O)O. The first-order valence-corrected chi connectivity index (χ1v) is 6.42. The number of benzene rings is 1. The molecule has 0 amide bonds. The third-order valence-electron chi connectivity index (χ3n) is 2.37. The first-order valence-electron chi connectivity index (χ1n) is 5.60. The second-order valence-electron chi connectivity index (χ2n) is 3.64. The Morgan fingerprint density at radius 3 is 2.67 bits per heavy atom. The van der Waals surface area contributed by atoms with Crippen molar-refractivity contribution in [3.63, 3.8) is 0 Å². The van der Waals surface area contributed by atoms with Gasteiger partial charge >= 0.3 is 5.97 Å². The quantitative estimate of drug-likeness (QED) is 0.901. The molecule has 0 fully saturated rings. The lowest BCUT2D eigenvalue weighted by Crippen LogP contribution is -2.01. The molecule has 5 heteroatoms. The molecule has 1 aromatic carbocycles. The minimum atomic E-state index is -0.978. The van der Waals surface area contributed by atoms with Crippen LogP contribution in [0.5, 0.6) is 5.75 Å². The van der Waals surface area contributed by atoms with E-state index in [9.17, 15) is 4.79 Å². The van der Waals surface area contributed by atoms with E-state index in [4.69, 9.17) is 9.84 Å². The van der Waals surface area contributed by atoms with Crippen LogP contribution in [0.1, 0.15) is 27.3 Å². The summed E-state index contributed by atoms with van der Waals surface area (Å²) in [6.07, 6.45) is 0.671. The molecule has 18 heavy (non-hydrogen) atoms. The van der Waals surface area contributed by atoms with Crippen LogP contribution in [0.4, 0.5) is 0 Å². The van der Waals surface area contributed by atoms with Crippen molar-refractivity contribution in [1.29, 1.82) is 0 Å². The highest BCUT2D eigenvalue weighted by molar-refractivity contribution is 7.11. The average Bonchev–Trinajstić information content (AvgIpc) is 2.81. The van der Waals surface area contributed by atoms with Gasteiger partial charge in [-0.3, -0.25) is 0 Å². The lowest BCUT2D eigenvalue weighted by atomic mass is 10.3. The average molecular weight is 263 g/mol. The Labute approximate surface area is 109 Å². The fourth-order valence-electron chi connectivity index (χ4n) is 1.53. The number of para-hydroxylation sites is 1. The molecule has 2 rings (SSSR count). The predicted molar refractivity (Wildman–Crippen MR) is 69.2 cm³/mol. The van der Waals surface area contributed by atoms with Gasteiger partial charge < -0.3 is 9.84 Å². The fraction of sp³-hybridized carbons (Fsp3) is 0.231. The molecule has 0 aliphatic rings. The molecule has 0 saturated heterocycles. The first-order chi connectivity index (χ1) is 8.70. The molecule has 1 aromatic heterocycles. The Bertz CT molecular complexity index is 536. The first kappa shape index (κ1) is 12.6. The monoisotopic (exact) mass is 263 g/mol. The molecule has 0 saturated carbocycles. The topological polar surface area (TPSA) is 59.4 Å². The van der Waals surface area contributed by atoms with Gasteiger partial charge in [0.1, 0.15) is 17.4 Å². The molecule has 2 aromatic rings. The van der Waals surface area contributed by atoms with Gasteiger partial charge in [0.05, 0.1) is 0 Å². The molecular formula is C13H13NO3S. The van der Waals surface area contributed by atoms with Gasteiger partial charge in [-0.1, -0.05) is 25.1 Å². The van der Waals surface area contributed by atoms with Crippen molar-refractivity contribution >= 4 is 17.3 Å². The number of carboxylic acid groups (broad SMARTS) is 1. The number of hydrogen-bond donors (Lipinski definition) is 1. The van der Waals surface area contributed by atoms with Gasteiger partial charge in [-0.25, -0.2) is 9.78 Å². The van der Waals surface area contributed by atoms with Crippen LogP contribution in [0.25, 0.3) is 0 Å². The summed E-state index contributed by atoms with van der Waals surface area (Å²) in [5.74, 6) is -0.225. The lowest BCUT2D eigenvalue weighted by Gasteiger charge is -2.02. The molecule has 94 valence electrons. The summed E-state index contributed by atoms with van der Waals surface area (Å²) in [7, 11) is 0. The van der Waals surface area contributed by atoms with Crippen molar-refractivity contribution in [3.05, 3.63) is 45.9 Å². The van der Waals surface area contributed by atoms with Gasteiger partial charge in [-0.05, 0) is 18.6 Å². The number of nitrogens with zero attached hydrogens (tertiary/aromatic N) is 1. The van der Waals surface area contributed by atoms with E-state index in [0.29, 0.717) is 18.0 Å². The Kier molecular flexibility index (Phi) is 3.94. The second-order valence-corrected chi connectivity index (χ2v) is 4.81. The van der Waals surface area contributed by atoms with Crippen molar-refractivity contribution in [2.75, 3.05) is 0 Å². The van der Waals surface area contributed by atoms with Crippen molar-refractivity contribution in [3.8, 4) is 5.75 Å². The second kappa shape index (κ2) is 5.64. The van der Waals surface area contributed by atoms with Gasteiger partial charge in [-0.2, -0.15) is 0 Å². The van der Waals surface area contributed by atoms with E-state index >= 15 is 0 Å². The Hall–Kier alpha value is -1.88. The molecule has 1 heterocycles. The maximum Gasteiger partial charge on any atom is 0.355 e. The number of rotatable bonds is 5. The van der Waals surface area contributed by atoms with E-state index < -0.39 is 5.97 Å². The van der Waals surface area contributed by atoms with Crippen LogP contribution < -0.4 is 4.74 Å². The van der Waals surface area contributed by atoms with Crippen LogP contribution in [-0.4, -0.2) is 16.1 Å². The third kappa shape index (κ3) is 2.87. The van der Waals surface area contributed by atoms with E-state index in [1.807, 2.05) is 37.3 Å². The largest absolute Gasteiger partial charge is 0.486 e. The summed E-state index contributed by atoms with van der Waals surface area (Å²) in [6, 6.07) is 9.39. The number of carbonyl (C=O) groups is 1. The zero-order valence-corrected chi connectivity index (χ0v) is 10.7. The van der Waals surface area contributed by atoms with E-state index in [0.717, 1.165) is 10.6 Å². The minimum Gasteiger partial charge on any atom is -0.486 e. The van der Waals surface area contributed by atoms with Gasteiger partial charge in [0.2, 0.25) is 0 Å². The summed E-state index contributed by atoms with van der Waals surface area (Å²) >= 11 is 1.39. The van der Waals surface area contributed by atoms with Crippen LogP contribution in [0.3, 0.4) is 0 Å². The highest BCUT2D eigenvalue weighted by Gasteiger charge is 2.16. The van der Waals surface area contributed by atoms with Crippen molar-refractivity contribution < 1.29 is 14.6 Å². The number of aryl methyl sites for hydroxylation is 1. The molecule has 0 aliphatic carbocycles. The maximum absolute atomic E-state index is 11.0. The van der Waals surface area contributed by atoms with Crippen molar-refractivity contribution in [1.82, 2.24) is 4.98 Å². The molecule has 0 aliphatic heterocycles. The van der Waals surface area contributed by atoms with Crippen LogP contribution in [0, 0.1) is 0 Å². The molecule has 0 radical (unpaired) electrons. The summed E-state index contributed by atoms with van der Waals surface area (Å²) in [6.45, 7) is 2.22. The van der Waals surface area contributed by atoms with E-state index in [2.05, 4.69) is 4.98 Å². The standard InChI is InChI=1S/C13H13NO3S/c1-2-10-12(13(15)16)14-11(18-10)8-17-9-6-4-3-5-7-9/h3-7H,2,8H2,1H3,(H,15,16). The number of thiazole rings is 1. The molecule has 0 unspecified atom stereocenters. The molecule has 1 N–H and O–H groups in total. The number of aromatic nitrogens is 1. The number of hydrogen-bond acceptors (Lipinski definition) is 4. The fourth-order valence-corrected chi connectivity index (χ4v) is 2.44. The van der Waals surface area contributed by atoms with Gasteiger partial charge in [0.15, 0.2) is 5.69 Å². The minimum absolute atomic E-state index is 0.147. The van der Waals surface area contributed by atoms with E-state index in [-0.39, 0.29) is 5.69 Å². The Morgan fingerprint density at radius 2 is 2.11 bits per heavy atom. The van der Waals surface area contributed by atoms with E-state index in [1.165, 1.54) is 11.3 Å². The zero-order valence-electron chi connectivity index (χ0n) is 9.92. The lowest BCUT2D eigenvalue weighted by molar-refractivity contribution is 0.0690. The van der Waals surface area contributed by atoms with Crippen molar-refractivity contribution in [2.24, 2.45) is 0 Å². The molecule has 4 nitrogen and oxygen atoms in total. The number of aromatic carboxylic acids is 1. The smallest absolute Gasteiger partial charge is 0.355 e. The molecule has 0 bridgehead atoms. The molecular weight excluding hydrogens is 250 g/mol. The third-order valence-corrected chi connectivity index (χ3v) is 3.54. The van der Waals surface area contributed by atoms with Crippen LogP contribution in [0.15, 0.2) is 30.3 Å². The van der Waals surface area contributed by atoms with Gasteiger partial charge in [0, 0.05) is 4.88 Å². The normalized spacial score (nSPS) is 10.3. The summed E-state index contributed by atoms with van der Waals surface area (Å²) in [4.78, 5) is 15.8. The predicted octanol–water partition coefficient (Wildman–Crippen LogP) is 2.98. The Morgan fingerprint density at radius 1 is 1.39 bits per heavy atom. The maximum atomic E-state index is 11.0. The van der Waals surface area contributed by atoms with Crippen LogP contribution in [-0.2, 0) is 13.0 Å². The van der Waals surface area contributed by atoms with Crippen LogP contribution in [0.2, 0.25) is 0 Å². The van der Waals surface area contributed by atoms with Crippen molar-refractivity contribution in [2.45, 2.75) is 20.0 Å². The van der Waals surface area contributed by atoms with E-state index in [1.54, 1.807) is 0 Å². The zero-order chi connectivity index (χ0) is 13.0. The number of carboxylic acids is 1. The summed E-state index contributed by atoms with van der Waals surface area (Å²) in [5.41, 5.74) is 0.147. The molecule has 0 atom stereocenters. The van der Waals surface area contributed by atoms with Gasteiger partial charge in [0.25, 0.3) is 0 Å². The number of ether oxygens (including phenoxy) is 1. The highest BCUT2D eigenvalue weighted by atomic mass is 32.1. The van der Waals surface area contributed by atoms with Gasteiger partial charge in [-0.15, -0.1) is 11.3 Å². The highest BCUT2D eigenvalue weighted by Crippen LogP contribution is 2.21. The Balaban J connectivity index is 2.08. The summed E-state index contributed by atoms with van der Waals surface area (Å²) < 4.78 is 5.54. The van der Waals surface area contributed by atoms with Crippen LogP contribution >= 0.6 is 11.3 Å². The summed E-state index contributed by atoms with van der Waals surface area (Å²) in [5, 5.41) is 9.69. The molecule has 0 spiro atoms.